The molecule has 6 nitrogen and oxygen atoms in total. The Morgan fingerprint density at radius 3 is 2.53 bits per heavy atom. The summed E-state index contributed by atoms with van der Waals surface area (Å²) < 4.78 is 11.4. The highest BCUT2D eigenvalue weighted by Gasteiger charge is 2.24. The van der Waals surface area contributed by atoms with Crippen LogP contribution in [0.2, 0.25) is 0 Å². The van der Waals surface area contributed by atoms with E-state index in [1.165, 1.54) is 16.8 Å². The Kier molecular flexibility index (Phi) is 7.84. The summed E-state index contributed by atoms with van der Waals surface area (Å²) in [5.41, 5.74) is 5.55. The fraction of sp³-hybridized carbons (Fsp3) is 0.367. The Hall–Kier alpha value is -3.35. The molecular weight excluding hydrogens is 450 g/mol. The van der Waals surface area contributed by atoms with Crippen LogP contribution in [0.1, 0.15) is 39.6 Å². The maximum Gasteiger partial charge on any atom is 0.251 e. The van der Waals surface area contributed by atoms with Crippen molar-refractivity contribution in [3.8, 4) is 5.75 Å². The first-order valence-corrected chi connectivity index (χ1v) is 12.9. The maximum absolute atomic E-state index is 12.7. The summed E-state index contributed by atoms with van der Waals surface area (Å²) in [7, 11) is 1.70. The largest absolute Gasteiger partial charge is 0.497 e. The lowest BCUT2D eigenvalue weighted by Gasteiger charge is -2.37. The molecule has 0 radical (unpaired) electrons. The van der Waals surface area contributed by atoms with Crippen molar-refractivity contribution in [2.24, 2.45) is 0 Å². The first-order chi connectivity index (χ1) is 17.7. The maximum atomic E-state index is 12.7. The smallest absolute Gasteiger partial charge is 0.251 e. The second kappa shape index (κ2) is 11.6. The molecule has 5 rings (SSSR count). The van der Waals surface area contributed by atoms with Gasteiger partial charge in [0, 0.05) is 50.5 Å². The molecule has 2 aliphatic heterocycles. The van der Waals surface area contributed by atoms with Gasteiger partial charge in [-0.1, -0.05) is 36.4 Å². The van der Waals surface area contributed by atoms with Crippen LogP contribution < -0.4 is 15.0 Å². The van der Waals surface area contributed by atoms with Crippen LogP contribution in [0.3, 0.4) is 0 Å². The van der Waals surface area contributed by atoms with Crippen LogP contribution in [0.5, 0.6) is 5.75 Å². The predicted octanol–water partition coefficient (Wildman–Crippen LogP) is 4.45. The molecule has 36 heavy (non-hydrogen) atoms. The Bertz CT molecular complexity index is 1140. The fourth-order valence-electron chi connectivity index (χ4n) is 5.12. The van der Waals surface area contributed by atoms with Crippen molar-refractivity contribution in [2.45, 2.75) is 25.5 Å². The molecule has 1 saturated heterocycles. The van der Waals surface area contributed by atoms with E-state index in [-0.39, 0.29) is 12.0 Å². The molecule has 6 heteroatoms. The number of nitrogens with one attached hydrogen (secondary N) is 1. The highest BCUT2D eigenvalue weighted by molar-refractivity contribution is 5.94. The van der Waals surface area contributed by atoms with Crippen LogP contribution >= 0.6 is 0 Å². The van der Waals surface area contributed by atoms with Gasteiger partial charge in [-0.2, -0.15) is 0 Å². The van der Waals surface area contributed by atoms with Gasteiger partial charge in [0.15, 0.2) is 0 Å². The molecular formula is C30H35N3O3. The summed E-state index contributed by atoms with van der Waals surface area (Å²) in [6.07, 6.45) is 1.91. The zero-order valence-electron chi connectivity index (χ0n) is 21.0. The Morgan fingerprint density at radius 2 is 1.78 bits per heavy atom. The molecule has 188 valence electrons. The van der Waals surface area contributed by atoms with Crippen LogP contribution in [-0.2, 0) is 17.7 Å². The van der Waals surface area contributed by atoms with Gasteiger partial charge in [-0.3, -0.25) is 9.69 Å². The van der Waals surface area contributed by atoms with Gasteiger partial charge in [-0.05, 0) is 65.9 Å². The number of methoxy groups -OCH3 is 1. The van der Waals surface area contributed by atoms with Gasteiger partial charge >= 0.3 is 0 Å². The van der Waals surface area contributed by atoms with E-state index in [9.17, 15) is 4.79 Å². The quantitative estimate of drug-likeness (QED) is 0.511. The number of ether oxygens (including phenoxy) is 2. The number of amides is 1. The molecule has 1 atom stereocenters. The normalized spacial score (nSPS) is 17.9. The van der Waals surface area contributed by atoms with E-state index in [0.29, 0.717) is 13.2 Å². The molecule has 2 heterocycles. The van der Waals surface area contributed by atoms with E-state index < -0.39 is 0 Å². The van der Waals surface area contributed by atoms with E-state index in [1.54, 1.807) is 7.11 Å². The number of carbonyl (C=O) groups is 1. The van der Waals surface area contributed by atoms with Crippen molar-refractivity contribution in [1.29, 1.82) is 0 Å². The molecule has 1 unspecified atom stereocenters. The summed E-state index contributed by atoms with van der Waals surface area (Å²) in [4.78, 5) is 17.7. The molecule has 3 aromatic carbocycles. The number of hydrogen-bond acceptors (Lipinski definition) is 5. The number of fused-ring (bicyclic) bond motifs is 1. The average molecular weight is 486 g/mol. The summed E-state index contributed by atoms with van der Waals surface area (Å²) in [6.45, 7) is 6.40. The van der Waals surface area contributed by atoms with Crippen molar-refractivity contribution in [1.82, 2.24) is 10.2 Å². The number of benzene rings is 3. The standard InChI is InChI=1S/C30H35N3O3/c1-35-27-10-8-26(9-11-27)33-18-16-32(17-19-33)15-13-29-28-12-7-25(21-24(28)14-20-36-29)30(34)31-22-23-5-3-2-4-6-23/h2-12,21,29H,13-20,22H2,1H3,(H,31,34). The number of rotatable bonds is 8. The van der Waals surface area contributed by atoms with E-state index in [1.807, 2.05) is 48.5 Å². The predicted molar refractivity (Wildman–Crippen MR) is 143 cm³/mol. The monoisotopic (exact) mass is 485 g/mol. The van der Waals surface area contributed by atoms with Gasteiger partial charge in [-0.25, -0.2) is 0 Å². The molecule has 0 aromatic heterocycles. The molecule has 0 aliphatic carbocycles. The minimum absolute atomic E-state index is 0.0283. The third-order valence-electron chi connectivity index (χ3n) is 7.26. The Labute approximate surface area is 213 Å². The molecule has 2 aliphatic rings. The van der Waals surface area contributed by atoms with Crippen molar-refractivity contribution in [3.05, 3.63) is 95.1 Å². The highest BCUT2D eigenvalue weighted by atomic mass is 16.5. The molecule has 3 aromatic rings. The van der Waals surface area contributed by atoms with Crippen molar-refractivity contribution >= 4 is 11.6 Å². The Morgan fingerprint density at radius 1 is 1.00 bits per heavy atom. The Balaban J connectivity index is 1.12. The highest BCUT2D eigenvalue weighted by Crippen LogP contribution is 2.31. The zero-order chi connectivity index (χ0) is 24.7. The number of piperazine rings is 1. The van der Waals surface area contributed by atoms with Crippen molar-refractivity contribution < 1.29 is 14.3 Å². The van der Waals surface area contributed by atoms with Gasteiger partial charge in [-0.15, -0.1) is 0 Å². The van der Waals surface area contributed by atoms with E-state index >= 15 is 0 Å². The van der Waals surface area contributed by atoms with Crippen LogP contribution in [0.25, 0.3) is 0 Å². The topological polar surface area (TPSA) is 54.0 Å². The van der Waals surface area contributed by atoms with Gasteiger partial charge in [0.2, 0.25) is 0 Å². The van der Waals surface area contributed by atoms with Crippen LogP contribution in [0.15, 0.2) is 72.8 Å². The molecule has 1 fully saturated rings. The third kappa shape index (κ3) is 5.89. The number of carbonyl (C=O) groups excluding carboxylic acids is 1. The third-order valence-corrected chi connectivity index (χ3v) is 7.26. The summed E-state index contributed by atoms with van der Waals surface area (Å²) in [5, 5.41) is 3.04. The van der Waals surface area contributed by atoms with E-state index in [4.69, 9.17) is 9.47 Å². The lowest BCUT2D eigenvalue weighted by molar-refractivity contribution is 0.0288. The lowest BCUT2D eigenvalue weighted by Crippen LogP contribution is -2.46. The summed E-state index contributed by atoms with van der Waals surface area (Å²) >= 11 is 0. The second-order valence-corrected chi connectivity index (χ2v) is 9.51. The molecule has 0 spiro atoms. The van der Waals surface area contributed by atoms with Gasteiger partial charge in [0.1, 0.15) is 5.75 Å². The zero-order valence-corrected chi connectivity index (χ0v) is 21.0. The molecule has 1 N–H and O–H groups in total. The van der Waals surface area contributed by atoms with Gasteiger partial charge in [0.25, 0.3) is 5.91 Å². The second-order valence-electron chi connectivity index (χ2n) is 9.51. The van der Waals surface area contributed by atoms with Crippen molar-refractivity contribution in [2.75, 3.05) is 51.3 Å². The minimum Gasteiger partial charge on any atom is -0.497 e. The molecule has 1 amide bonds. The van der Waals surface area contributed by atoms with Crippen molar-refractivity contribution in [3.63, 3.8) is 0 Å². The number of hydrogen-bond donors (Lipinski definition) is 1. The number of anilines is 1. The van der Waals surface area contributed by atoms with Gasteiger partial charge < -0.3 is 19.7 Å². The van der Waals surface area contributed by atoms with E-state index in [2.05, 4.69) is 39.4 Å². The fourth-order valence-corrected chi connectivity index (χ4v) is 5.12. The molecule has 0 bridgehead atoms. The van der Waals surface area contributed by atoms with Crippen LogP contribution in [-0.4, -0.2) is 57.2 Å². The van der Waals surface area contributed by atoms with Crippen LogP contribution in [0.4, 0.5) is 5.69 Å². The summed E-state index contributed by atoms with van der Waals surface area (Å²) in [5.74, 6) is 0.865. The molecule has 0 saturated carbocycles. The summed E-state index contributed by atoms with van der Waals surface area (Å²) in [6, 6.07) is 24.4. The van der Waals surface area contributed by atoms with Gasteiger partial charge in [0.05, 0.1) is 19.8 Å². The SMILES string of the molecule is COc1ccc(N2CCN(CCC3OCCc4cc(C(=O)NCc5ccccc5)ccc43)CC2)cc1. The minimum atomic E-state index is -0.0283. The van der Waals surface area contributed by atoms with Crippen LogP contribution in [0, 0.1) is 0 Å². The first-order valence-electron chi connectivity index (χ1n) is 12.9. The first kappa shape index (κ1) is 24.3. The average Bonchev–Trinajstić information content (AvgIpc) is 2.95. The van der Waals surface area contributed by atoms with E-state index in [0.717, 1.165) is 62.4 Å². The number of nitrogens with zero attached hydrogens (tertiary/aromatic N) is 2. The lowest BCUT2D eigenvalue weighted by atomic mass is 9.93.